The number of nitro benzene ring substituents is 1. The highest BCUT2D eigenvalue weighted by atomic mass is 16.6. The molecule has 0 N–H and O–H groups in total. The molecule has 0 spiro atoms. The molecule has 4 atom stereocenters. The van der Waals surface area contributed by atoms with E-state index in [1.165, 1.54) is 29.2 Å². The molecular weight excluding hydrogens is 502 g/mol. The predicted molar refractivity (Wildman–Crippen MR) is 138 cm³/mol. The number of nitriles is 1. The third kappa shape index (κ3) is 3.61. The molecule has 10 heteroatoms. The quantitative estimate of drug-likeness (QED) is 0.201. The molecule has 3 fully saturated rings. The number of fused-ring (bicyclic) bond motifs is 6. The third-order valence-electron chi connectivity index (χ3n) is 8.35. The van der Waals surface area contributed by atoms with E-state index in [1.54, 1.807) is 36.4 Å². The van der Waals surface area contributed by atoms with Gasteiger partial charge < -0.3 is 9.47 Å². The van der Waals surface area contributed by atoms with Crippen LogP contribution in [0, 0.1) is 33.3 Å². The Balaban J connectivity index is 1.26. The van der Waals surface area contributed by atoms with Crippen molar-refractivity contribution in [3.63, 3.8) is 0 Å². The number of rotatable bonds is 6. The Labute approximate surface area is 222 Å². The van der Waals surface area contributed by atoms with Gasteiger partial charge in [-0.3, -0.25) is 19.7 Å². The fraction of sp³-hybridized carbons (Fsp3) is 0.310. The summed E-state index contributed by atoms with van der Waals surface area (Å²) in [6, 6.07) is 17.7. The smallest absolute Gasteiger partial charge is 0.338 e. The largest absolute Gasteiger partial charge is 0.462 e. The molecule has 3 heterocycles. The summed E-state index contributed by atoms with van der Waals surface area (Å²) in [6.45, 7) is 1.81. The summed E-state index contributed by atoms with van der Waals surface area (Å²) in [5.41, 5.74) is -0.849. The maximum atomic E-state index is 13.9. The summed E-state index contributed by atoms with van der Waals surface area (Å²) in [5, 5.41) is 21.7. The number of carbonyl (C=O) groups excluding carboxylic acids is 3. The van der Waals surface area contributed by atoms with Gasteiger partial charge in [0.25, 0.3) is 5.69 Å². The molecule has 0 unspecified atom stereocenters. The minimum absolute atomic E-state index is 0.0452. The number of carbonyl (C=O) groups is 3. The Kier molecular flexibility index (Phi) is 5.52. The van der Waals surface area contributed by atoms with Crippen molar-refractivity contribution in [3.05, 3.63) is 81.9 Å². The second kappa shape index (κ2) is 8.71. The molecular formula is C29H23N3O7. The number of anilines is 1. The number of nitrogens with zero attached hydrogens (tertiary/aromatic N) is 3. The number of imide groups is 1. The minimum atomic E-state index is -0.959. The van der Waals surface area contributed by atoms with Crippen LogP contribution < -0.4 is 4.90 Å². The van der Waals surface area contributed by atoms with Crippen molar-refractivity contribution in [3.8, 4) is 6.07 Å². The second-order valence-corrected chi connectivity index (χ2v) is 10.4. The summed E-state index contributed by atoms with van der Waals surface area (Å²) in [7, 11) is 0. The fourth-order valence-corrected chi connectivity index (χ4v) is 6.54. The predicted octanol–water partition coefficient (Wildman–Crippen LogP) is 4.29. The number of nitro groups is 1. The number of benzene rings is 3. The van der Waals surface area contributed by atoms with Crippen LogP contribution in [0.4, 0.5) is 11.4 Å². The number of ether oxygens (including phenoxy) is 2. The first-order valence-corrected chi connectivity index (χ1v) is 12.6. The van der Waals surface area contributed by atoms with E-state index in [-0.39, 0.29) is 36.1 Å². The fourth-order valence-electron chi connectivity index (χ4n) is 6.54. The average Bonchev–Trinajstić information content (AvgIpc) is 3.52. The van der Waals surface area contributed by atoms with Gasteiger partial charge in [0.15, 0.2) is 0 Å². The zero-order valence-electron chi connectivity index (χ0n) is 21.0. The molecule has 3 aliphatic rings. The van der Waals surface area contributed by atoms with E-state index in [9.17, 15) is 29.8 Å². The summed E-state index contributed by atoms with van der Waals surface area (Å²) >= 11 is 0. The standard InChI is InChI=1S/C29H23N3O7/c1-28-12-13-29(39-28,14-15-38-27(35)17-6-9-19(10-7-17)32(36)37)24-23(28)25(33)31(26(24)34)22-11-8-18(16-30)20-4-2-3-5-21(20)22/h2-11,23-24H,12-15H2,1H3/t23-,24+,28-,29-/m1/s1. The van der Waals surface area contributed by atoms with Gasteiger partial charge in [0.1, 0.15) is 0 Å². The molecule has 3 aromatic rings. The molecule has 3 saturated heterocycles. The lowest BCUT2D eigenvalue weighted by Gasteiger charge is -2.31. The lowest BCUT2D eigenvalue weighted by molar-refractivity contribution is -0.384. The van der Waals surface area contributed by atoms with Crippen LogP contribution in [0.1, 0.15) is 42.1 Å². The summed E-state index contributed by atoms with van der Waals surface area (Å²) in [6.07, 6.45) is 1.36. The van der Waals surface area contributed by atoms with E-state index in [0.717, 1.165) is 0 Å². The van der Waals surface area contributed by atoms with Gasteiger partial charge in [-0.2, -0.15) is 5.26 Å². The van der Waals surface area contributed by atoms with Crippen LogP contribution >= 0.6 is 0 Å². The number of esters is 1. The van der Waals surface area contributed by atoms with Crippen LogP contribution in [0.3, 0.4) is 0 Å². The van der Waals surface area contributed by atoms with Gasteiger partial charge in [-0.05, 0) is 44.0 Å². The second-order valence-electron chi connectivity index (χ2n) is 10.4. The molecule has 196 valence electrons. The van der Waals surface area contributed by atoms with Crippen molar-refractivity contribution < 1.29 is 28.8 Å². The Morgan fingerprint density at radius 2 is 1.77 bits per heavy atom. The van der Waals surface area contributed by atoms with Crippen molar-refractivity contribution in [1.29, 1.82) is 5.26 Å². The van der Waals surface area contributed by atoms with E-state index >= 15 is 0 Å². The lowest BCUT2D eigenvalue weighted by Crippen LogP contribution is -2.43. The summed E-state index contributed by atoms with van der Waals surface area (Å²) in [4.78, 5) is 51.8. The summed E-state index contributed by atoms with van der Waals surface area (Å²) in [5.74, 6) is -2.72. The number of non-ortho nitro benzene ring substituents is 1. The van der Waals surface area contributed by atoms with Gasteiger partial charge in [-0.1, -0.05) is 24.3 Å². The Hall–Kier alpha value is -4.62. The van der Waals surface area contributed by atoms with Gasteiger partial charge in [-0.15, -0.1) is 0 Å². The maximum absolute atomic E-state index is 13.9. The molecule has 6 rings (SSSR count). The zero-order valence-corrected chi connectivity index (χ0v) is 21.0. The average molecular weight is 526 g/mol. The SMILES string of the molecule is C[C@]12CC[C@](CCOC(=O)c3ccc([N+](=O)[O-])cc3)(O1)[C@@H]1C(=O)N(c3ccc(C#N)c4ccccc34)C(=O)[C@@H]12. The van der Waals surface area contributed by atoms with Crippen molar-refractivity contribution in [2.24, 2.45) is 11.8 Å². The molecule has 3 aliphatic heterocycles. The monoisotopic (exact) mass is 525 g/mol. The Morgan fingerprint density at radius 1 is 1.08 bits per heavy atom. The van der Waals surface area contributed by atoms with E-state index in [1.807, 2.05) is 6.92 Å². The first-order chi connectivity index (χ1) is 18.7. The van der Waals surface area contributed by atoms with Crippen molar-refractivity contribution in [2.45, 2.75) is 37.4 Å². The molecule has 39 heavy (non-hydrogen) atoms. The highest BCUT2D eigenvalue weighted by Crippen LogP contribution is 2.62. The summed E-state index contributed by atoms with van der Waals surface area (Å²) < 4.78 is 11.9. The van der Waals surface area contributed by atoms with Crippen molar-refractivity contribution in [2.75, 3.05) is 11.5 Å². The first-order valence-electron chi connectivity index (χ1n) is 12.6. The minimum Gasteiger partial charge on any atom is -0.462 e. The number of hydrogen-bond acceptors (Lipinski definition) is 8. The maximum Gasteiger partial charge on any atom is 0.338 e. The van der Waals surface area contributed by atoms with Gasteiger partial charge in [-0.25, -0.2) is 9.69 Å². The van der Waals surface area contributed by atoms with Crippen LogP contribution in [0.2, 0.25) is 0 Å². The van der Waals surface area contributed by atoms with Crippen LogP contribution in [-0.2, 0) is 19.1 Å². The normalized spacial score (nSPS) is 27.0. The highest BCUT2D eigenvalue weighted by Gasteiger charge is 2.73. The molecule has 0 aromatic heterocycles. The van der Waals surface area contributed by atoms with E-state index in [0.29, 0.717) is 34.9 Å². The third-order valence-corrected chi connectivity index (χ3v) is 8.35. The van der Waals surface area contributed by atoms with Crippen LogP contribution in [0.25, 0.3) is 10.8 Å². The molecule has 2 amide bonds. The van der Waals surface area contributed by atoms with Crippen molar-refractivity contribution >= 4 is 39.9 Å². The van der Waals surface area contributed by atoms with Gasteiger partial charge >= 0.3 is 5.97 Å². The zero-order chi connectivity index (χ0) is 27.5. The Bertz CT molecular complexity index is 1610. The molecule has 2 bridgehead atoms. The Morgan fingerprint density at radius 3 is 2.46 bits per heavy atom. The topological polar surface area (TPSA) is 140 Å². The lowest BCUT2D eigenvalue weighted by atomic mass is 9.67. The number of hydrogen-bond donors (Lipinski definition) is 0. The molecule has 0 saturated carbocycles. The van der Waals surface area contributed by atoms with E-state index < -0.39 is 33.9 Å². The van der Waals surface area contributed by atoms with Crippen LogP contribution in [0.15, 0.2) is 60.7 Å². The van der Waals surface area contributed by atoms with Crippen molar-refractivity contribution in [1.82, 2.24) is 0 Å². The van der Waals surface area contributed by atoms with Gasteiger partial charge in [0.05, 0.1) is 57.5 Å². The van der Waals surface area contributed by atoms with Crippen LogP contribution in [0.5, 0.6) is 0 Å². The molecule has 10 nitrogen and oxygen atoms in total. The highest BCUT2D eigenvalue weighted by molar-refractivity contribution is 6.26. The van der Waals surface area contributed by atoms with Gasteiger partial charge in [0, 0.05) is 29.3 Å². The number of amides is 2. The van der Waals surface area contributed by atoms with E-state index in [4.69, 9.17) is 9.47 Å². The first kappa shape index (κ1) is 24.7. The van der Waals surface area contributed by atoms with E-state index in [2.05, 4.69) is 6.07 Å². The van der Waals surface area contributed by atoms with Gasteiger partial charge in [0.2, 0.25) is 11.8 Å². The van der Waals surface area contributed by atoms with Crippen LogP contribution in [-0.4, -0.2) is 40.5 Å². The molecule has 3 aromatic carbocycles. The molecule has 0 radical (unpaired) electrons. The molecule has 0 aliphatic carbocycles.